The summed E-state index contributed by atoms with van der Waals surface area (Å²) in [4.78, 5) is 13.1. The van der Waals surface area contributed by atoms with Crippen LogP contribution in [0.2, 0.25) is 0 Å². The summed E-state index contributed by atoms with van der Waals surface area (Å²) >= 11 is 0. The van der Waals surface area contributed by atoms with Crippen LogP contribution in [0, 0.1) is 0 Å². The van der Waals surface area contributed by atoms with Gasteiger partial charge < -0.3 is 10.6 Å². The molecular weight excluding hydrogens is 152 g/mol. The zero-order valence-electron chi connectivity index (χ0n) is 7.49. The summed E-state index contributed by atoms with van der Waals surface area (Å²) < 4.78 is 0. The number of carbonyl (C=O) groups excluding carboxylic acids is 1. The molecule has 3 heteroatoms. The summed E-state index contributed by atoms with van der Waals surface area (Å²) in [6, 6.07) is 0.184. The third-order valence-corrected chi connectivity index (χ3v) is 2.03. The second kappa shape index (κ2) is 4.26. The van der Waals surface area contributed by atoms with Crippen LogP contribution in [-0.4, -0.2) is 29.9 Å². The van der Waals surface area contributed by atoms with Gasteiger partial charge in [-0.15, -0.1) is 0 Å². The number of allylic oxidation sites excluding steroid dienone is 1. The van der Waals surface area contributed by atoms with Gasteiger partial charge in [0, 0.05) is 19.1 Å². The van der Waals surface area contributed by atoms with E-state index in [1.54, 1.807) is 11.0 Å². The number of nitrogens with zero attached hydrogens (tertiary/aromatic N) is 1. The molecule has 1 saturated heterocycles. The van der Waals surface area contributed by atoms with Crippen LogP contribution >= 0.6 is 0 Å². The van der Waals surface area contributed by atoms with E-state index >= 15 is 0 Å². The largest absolute Gasteiger partial charge is 0.338 e. The zero-order valence-corrected chi connectivity index (χ0v) is 7.49. The molecule has 0 bridgehead atoms. The SMILES string of the molecule is CC/C=C/C(=O)N1CC[C@H](N)C1. The van der Waals surface area contributed by atoms with Crippen molar-refractivity contribution in [1.29, 1.82) is 0 Å². The minimum absolute atomic E-state index is 0.102. The van der Waals surface area contributed by atoms with Gasteiger partial charge in [-0.2, -0.15) is 0 Å². The van der Waals surface area contributed by atoms with Crippen LogP contribution in [-0.2, 0) is 4.79 Å². The summed E-state index contributed by atoms with van der Waals surface area (Å²) in [5.74, 6) is 0.102. The summed E-state index contributed by atoms with van der Waals surface area (Å²) in [7, 11) is 0. The maximum atomic E-state index is 11.3. The highest BCUT2D eigenvalue weighted by atomic mass is 16.2. The molecule has 0 aromatic heterocycles. The van der Waals surface area contributed by atoms with Crippen molar-refractivity contribution in [3.05, 3.63) is 12.2 Å². The van der Waals surface area contributed by atoms with Gasteiger partial charge in [0.25, 0.3) is 0 Å². The van der Waals surface area contributed by atoms with Crippen molar-refractivity contribution in [3.63, 3.8) is 0 Å². The van der Waals surface area contributed by atoms with E-state index in [9.17, 15) is 4.79 Å². The fourth-order valence-corrected chi connectivity index (χ4v) is 1.31. The lowest BCUT2D eigenvalue weighted by molar-refractivity contribution is -0.125. The number of carbonyl (C=O) groups is 1. The minimum Gasteiger partial charge on any atom is -0.338 e. The first kappa shape index (κ1) is 9.26. The highest BCUT2D eigenvalue weighted by molar-refractivity contribution is 5.87. The molecule has 0 radical (unpaired) electrons. The van der Waals surface area contributed by atoms with Crippen LogP contribution in [0.1, 0.15) is 19.8 Å². The smallest absolute Gasteiger partial charge is 0.246 e. The van der Waals surface area contributed by atoms with E-state index in [0.29, 0.717) is 6.54 Å². The van der Waals surface area contributed by atoms with Crippen molar-refractivity contribution in [2.24, 2.45) is 5.73 Å². The highest BCUT2D eigenvalue weighted by Gasteiger charge is 2.21. The molecule has 1 atom stereocenters. The Labute approximate surface area is 73.2 Å². The number of hydrogen-bond donors (Lipinski definition) is 1. The first-order valence-corrected chi connectivity index (χ1v) is 4.45. The molecule has 1 aliphatic heterocycles. The van der Waals surface area contributed by atoms with Crippen molar-refractivity contribution in [2.45, 2.75) is 25.8 Å². The molecular formula is C9H16N2O. The molecule has 0 aliphatic carbocycles. The maximum Gasteiger partial charge on any atom is 0.246 e. The second-order valence-electron chi connectivity index (χ2n) is 3.14. The van der Waals surface area contributed by atoms with E-state index in [2.05, 4.69) is 0 Å². The Morgan fingerprint density at radius 2 is 2.50 bits per heavy atom. The van der Waals surface area contributed by atoms with Gasteiger partial charge in [-0.3, -0.25) is 4.79 Å². The maximum absolute atomic E-state index is 11.3. The third-order valence-electron chi connectivity index (χ3n) is 2.03. The molecule has 0 aromatic carbocycles. The fraction of sp³-hybridized carbons (Fsp3) is 0.667. The van der Waals surface area contributed by atoms with Gasteiger partial charge in [0.05, 0.1) is 0 Å². The first-order chi connectivity index (χ1) is 5.74. The van der Waals surface area contributed by atoms with E-state index in [1.165, 1.54) is 0 Å². The molecule has 1 aliphatic rings. The minimum atomic E-state index is 0.102. The first-order valence-electron chi connectivity index (χ1n) is 4.45. The number of rotatable bonds is 2. The average Bonchev–Trinajstić information content (AvgIpc) is 2.47. The van der Waals surface area contributed by atoms with E-state index in [4.69, 9.17) is 5.73 Å². The third kappa shape index (κ3) is 2.34. The van der Waals surface area contributed by atoms with Crippen molar-refractivity contribution in [1.82, 2.24) is 4.90 Å². The molecule has 0 saturated carbocycles. The Morgan fingerprint density at radius 1 is 1.75 bits per heavy atom. The molecule has 12 heavy (non-hydrogen) atoms. The van der Waals surface area contributed by atoms with E-state index in [0.717, 1.165) is 19.4 Å². The highest BCUT2D eigenvalue weighted by Crippen LogP contribution is 2.07. The van der Waals surface area contributed by atoms with Crippen molar-refractivity contribution in [2.75, 3.05) is 13.1 Å². The van der Waals surface area contributed by atoms with Gasteiger partial charge in [0.2, 0.25) is 5.91 Å². The monoisotopic (exact) mass is 168 g/mol. The summed E-state index contributed by atoms with van der Waals surface area (Å²) in [6.45, 7) is 3.54. The standard InChI is InChI=1S/C9H16N2O/c1-2-3-4-9(12)11-6-5-8(10)7-11/h3-4,8H,2,5-7,10H2,1H3/b4-3+/t8-/m0/s1. The molecule has 1 amide bonds. The van der Waals surface area contributed by atoms with Gasteiger partial charge in [0.1, 0.15) is 0 Å². The Kier molecular flexibility index (Phi) is 3.29. The van der Waals surface area contributed by atoms with Crippen LogP contribution in [0.3, 0.4) is 0 Å². The normalized spacial score (nSPS) is 23.8. The molecule has 1 fully saturated rings. The van der Waals surface area contributed by atoms with Crippen molar-refractivity contribution >= 4 is 5.91 Å². The van der Waals surface area contributed by atoms with Crippen LogP contribution in [0.4, 0.5) is 0 Å². The topological polar surface area (TPSA) is 46.3 Å². The summed E-state index contributed by atoms with van der Waals surface area (Å²) in [5.41, 5.74) is 5.67. The summed E-state index contributed by atoms with van der Waals surface area (Å²) in [6.07, 6.45) is 5.36. The number of hydrogen-bond acceptors (Lipinski definition) is 2. The average molecular weight is 168 g/mol. The van der Waals surface area contributed by atoms with Crippen LogP contribution < -0.4 is 5.73 Å². The molecule has 3 nitrogen and oxygen atoms in total. The van der Waals surface area contributed by atoms with Crippen LogP contribution in [0.25, 0.3) is 0 Å². The van der Waals surface area contributed by atoms with Crippen molar-refractivity contribution < 1.29 is 4.79 Å². The van der Waals surface area contributed by atoms with Gasteiger partial charge >= 0.3 is 0 Å². The van der Waals surface area contributed by atoms with Crippen molar-refractivity contribution in [3.8, 4) is 0 Å². The van der Waals surface area contributed by atoms with Crippen LogP contribution in [0.15, 0.2) is 12.2 Å². The predicted octanol–water partition coefficient (Wildman–Crippen LogP) is 0.512. The molecule has 0 aromatic rings. The molecule has 1 rings (SSSR count). The van der Waals surface area contributed by atoms with Gasteiger partial charge in [-0.25, -0.2) is 0 Å². The number of amides is 1. The molecule has 0 unspecified atom stereocenters. The van der Waals surface area contributed by atoms with Crippen LogP contribution in [0.5, 0.6) is 0 Å². The second-order valence-corrected chi connectivity index (χ2v) is 3.14. The number of nitrogens with two attached hydrogens (primary N) is 1. The predicted molar refractivity (Wildman–Crippen MR) is 48.6 cm³/mol. The lowest BCUT2D eigenvalue weighted by Gasteiger charge is -2.12. The molecule has 68 valence electrons. The van der Waals surface area contributed by atoms with Gasteiger partial charge in [-0.1, -0.05) is 13.0 Å². The summed E-state index contributed by atoms with van der Waals surface area (Å²) in [5, 5.41) is 0. The molecule has 0 spiro atoms. The fourth-order valence-electron chi connectivity index (χ4n) is 1.31. The molecule has 1 heterocycles. The Hall–Kier alpha value is -0.830. The van der Waals surface area contributed by atoms with E-state index in [-0.39, 0.29) is 11.9 Å². The van der Waals surface area contributed by atoms with E-state index < -0.39 is 0 Å². The van der Waals surface area contributed by atoms with E-state index in [1.807, 2.05) is 13.0 Å². The lowest BCUT2D eigenvalue weighted by Crippen LogP contribution is -2.30. The lowest BCUT2D eigenvalue weighted by atomic mass is 10.3. The Bertz CT molecular complexity index is 189. The molecule has 2 N–H and O–H groups in total. The Balaban J connectivity index is 2.38. The quantitative estimate of drug-likeness (QED) is 0.611. The zero-order chi connectivity index (χ0) is 8.97. The van der Waals surface area contributed by atoms with Gasteiger partial charge in [-0.05, 0) is 18.9 Å². The number of likely N-dealkylation sites (tertiary alicyclic amines) is 1. The van der Waals surface area contributed by atoms with Gasteiger partial charge in [0.15, 0.2) is 0 Å². The Morgan fingerprint density at radius 3 is 3.00 bits per heavy atom.